The molecule has 2 atom stereocenters. The number of carbonyl (C=O) groups is 1. The summed E-state index contributed by atoms with van der Waals surface area (Å²) in [5, 5.41) is 8.24. The minimum absolute atomic E-state index is 0.0408. The monoisotopic (exact) mass is 310 g/mol. The van der Waals surface area contributed by atoms with Gasteiger partial charge in [0.1, 0.15) is 6.10 Å². The van der Waals surface area contributed by atoms with Crippen LogP contribution in [0.15, 0.2) is 42.9 Å². The van der Waals surface area contributed by atoms with Crippen LogP contribution in [0.1, 0.15) is 28.4 Å². The predicted molar refractivity (Wildman–Crippen MR) is 86.1 cm³/mol. The van der Waals surface area contributed by atoms with Crippen LogP contribution in [0.4, 0.5) is 0 Å². The van der Waals surface area contributed by atoms with Crippen molar-refractivity contribution in [3.63, 3.8) is 0 Å². The first-order valence-corrected chi connectivity index (χ1v) is 7.69. The zero-order valence-corrected chi connectivity index (χ0v) is 12.8. The van der Waals surface area contributed by atoms with Gasteiger partial charge in [-0.25, -0.2) is 0 Å². The highest BCUT2D eigenvalue weighted by Crippen LogP contribution is 2.29. The molecule has 0 radical (unpaired) electrons. The lowest BCUT2D eigenvalue weighted by atomic mass is 10.0. The topological polar surface area (TPSA) is 71.9 Å². The highest BCUT2D eigenvalue weighted by atomic mass is 16.5. The number of nitrogens with zero attached hydrogens (tertiary/aromatic N) is 2. The fourth-order valence-electron chi connectivity index (χ4n) is 3.18. The molecule has 6 nitrogen and oxygen atoms in total. The molecule has 0 bridgehead atoms. The van der Waals surface area contributed by atoms with Crippen molar-refractivity contribution < 1.29 is 9.53 Å². The third kappa shape index (κ3) is 2.51. The van der Waals surface area contributed by atoms with Crippen molar-refractivity contribution in [2.45, 2.75) is 18.6 Å². The van der Waals surface area contributed by atoms with Crippen LogP contribution in [-0.4, -0.2) is 33.3 Å². The van der Waals surface area contributed by atoms with Gasteiger partial charge in [0.2, 0.25) is 0 Å². The van der Waals surface area contributed by atoms with E-state index >= 15 is 0 Å². The number of rotatable bonds is 3. The predicted octanol–water partition coefficient (Wildman–Crippen LogP) is 2.16. The summed E-state index contributed by atoms with van der Waals surface area (Å²) < 4.78 is 7.55. The van der Waals surface area contributed by atoms with Crippen molar-refractivity contribution in [2.24, 2.45) is 7.05 Å². The number of aromatic nitrogens is 3. The molecule has 118 valence electrons. The Kier molecular flexibility index (Phi) is 3.38. The van der Waals surface area contributed by atoms with Gasteiger partial charge in [-0.1, -0.05) is 6.07 Å². The van der Waals surface area contributed by atoms with Crippen molar-refractivity contribution in [2.75, 3.05) is 6.61 Å². The van der Waals surface area contributed by atoms with Crippen LogP contribution in [0.25, 0.3) is 10.9 Å². The molecule has 3 aromatic rings. The summed E-state index contributed by atoms with van der Waals surface area (Å²) in [7, 11) is 1.87. The average Bonchev–Trinajstić information content (AvgIpc) is 3.26. The lowest BCUT2D eigenvalue weighted by Crippen LogP contribution is -2.36. The second kappa shape index (κ2) is 5.55. The Bertz CT molecular complexity index is 851. The molecule has 1 fully saturated rings. The number of H-pyrrole nitrogens is 1. The quantitative estimate of drug-likeness (QED) is 0.778. The van der Waals surface area contributed by atoms with Crippen LogP contribution in [0.5, 0.6) is 0 Å². The second-order valence-electron chi connectivity index (χ2n) is 5.85. The Morgan fingerprint density at radius 1 is 1.43 bits per heavy atom. The highest BCUT2D eigenvalue weighted by Gasteiger charge is 2.32. The van der Waals surface area contributed by atoms with Gasteiger partial charge in [-0.05, 0) is 24.6 Å². The molecule has 0 aliphatic carbocycles. The Morgan fingerprint density at radius 3 is 3.17 bits per heavy atom. The summed E-state index contributed by atoms with van der Waals surface area (Å²) >= 11 is 0. The molecule has 4 rings (SSSR count). The maximum atomic E-state index is 12.7. The van der Waals surface area contributed by atoms with Crippen LogP contribution in [0, 0.1) is 0 Å². The fraction of sp³-hybridized carbons (Fsp3) is 0.294. The maximum absolute atomic E-state index is 12.7. The molecule has 1 amide bonds. The number of hydrogen-bond acceptors (Lipinski definition) is 3. The molecule has 1 saturated heterocycles. The number of fused-ring (bicyclic) bond motifs is 1. The second-order valence-corrected chi connectivity index (χ2v) is 5.85. The molecule has 1 aromatic carbocycles. The van der Waals surface area contributed by atoms with E-state index in [0.717, 1.165) is 22.9 Å². The molecule has 1 aliphatic rings. The van der Waals surface area contributed by atoms with Gasteiger partial charge in [0.05, 0.1) is 12.2 Å². The first-order valence-electron chi connectivity index (χ1n) is 7.69. The minimum Gasteiger partial charge on any atom is -0.371 e. The number of aryl methyl sites for hydroxylation is 1. The van der Waals surface area contributed by atoms with Crippen molar-refractivity contribution in [3.05, 3.63) is 54.0 Å². The first-order chi connectivity index (χ1) is 11.2. The summed E-state index contributed by atoms with van der Waals surface area (Å²) in [5.41, 5.74) is 2.64. The maximum Gasteiger partial charge on any atom is 0.252 e. The van der Waals surface area contributed by atoms with Crippen LogP contribution < -0.4 is 5.32 Å². The van der Waals surface area contributed by atoms with Gasteiger partial charge >= 0.3 is 0 Å². The third-order valence-corrected chi connectivity index (χ3v) is 4.30. The van der Waals surface area contributed by atoms with Crippen molar-refractivity contribution in [1.82, 2.24) is 20.1 Å². The number of amides is 1. The molecular formula is C17H18N4O2. The summed E-state index contributed by atoms with van der Waals surface area (Å²) in [4.78, 5) is 15.8. The molecule has 0 saturated carbocycles. The minimum atomic E-state index is -0.141. The van der Waals surface area contributed by atoms with E-state index in [2.05, 4.69) is 15.4 Å². The van der Waals surface area contributed by atoms with Crippen LogP contribution in [0.3, 0.4) is 0 Å². The standard InChI is InChI=1S/C17H18N4O2/c1-21-10-11(9-19-21)16-15(6-8-23-16)20-17(22)13-3-2-4-14-12(13)5-7-18-14/h2-5,7,9-10,15-16,18H,6,8H2,1H3,(H,20,22)/t15-,16+/m0/s1. The third-order valence-electron chi connectivity index (χ3n) is 4.30. The fourth-order valence-corrected chi connectivity index (χ4v) is 3.18. The average molecular weight is 310 g/mol. The Morgan fingerprint density at radius 2 is 2.35 bits per heavy atom. The van der Waals surface area contributed by atoms with Crippen LogP contribution in [-0.2, 0) is 11.8 Å². The lowest BCUT2D eigenvalue weighted by Gasteiger charge is -2.19. The van der Waals surface area contributed by atoms with Gasteiger partial charge in [0.15, 0.2) is 0 Å². The van der Waals surface area contributed by atoms with E-state index in [-0.39, 0.29) is 18.1 Å². The molecular weight excluding hydrogens is 292 g/mol. The summed E-state index contributed by atoms with van der Waals surface area (Å²) in [6, 6.07) is 7.58. The number of aromatic amines is 1. The zero-order valence-electron chi connectivity index (χ0n) is 12.8. The smallest absolute Gasteiger partial charge is 0.252 e. The molecule has 0 spiro atoms. The Balaban J connectivity index is 1.57. The molecule has 1 aliphatic heterocycles. The van der Waals surface area contributed by atoms with E-state index in [9.17, 15) is 4.79 Å². The SMILES string of the molecule is Cn1cc([C@H]2OCC[C@@H]2NC(=O)c2cccc3[nH]ccc23)cn1. The molecule has 0 unspecified atom stereocenters. The van der Waals surface area contributed by atoms with Gasteiger partial charge in [0.25, 0.3) is 5.91 Å². The number of carbonyl (C=O) groups excluding carboxylic acids is 1. The van der Waals surface area contributed by atoms with E-state index < -0.39 is 0 Å². The van der Waals surface area contributed by atoms with Crippen LogP contribution in [0.2, 0.25) is 0 Å². The first kappa shape index (κ1) is 14.0. The van der Waals surface area contributed by atoms with Gasteiger partial charge in [0, 0.05) is 48.1 Å². The molecule has 2 N–H and O–H groups in total. The molecule has 2 aromatic heterocycles. The van der Waals surface area contributed by atoms with Crippen molar-refractivity contribution in [3.8, 4) is 0 Å². The Hall–Kier alpha value is -2.60. The summed E-state index contributed by atoms with van der Waals surface area (Å²) in [6.07, 6.45) is 6.23. The van der Waals surface area contributed by atoms with E-state index in [4.69, 9.17) is 4.74 Å². The van der Waals surface area contributed by atoms with E-state index in [0.29, 0.717) is 12.2 Å². The van der Waals surface area contributed by atoms with E-state index in [1.54, 1.807) is 10.9 Å². The number of hydrogen-bond donors (Lipinski definition) is 2. The molecule has 23 heavy (non-hydrogen) atoms. The highest BCUT2D eigenvalue weighted by molar-refractivity contribution is 6.06. The largest absolute Gasteiger partial charge is 0.371 e. The van der Waals surface area contributed by atoms with E-state index in [1.165, 1.54) is 0 Å². The summed E-state index contributed by atoms with van der Waals surface area (Å²) in [5.74, 6) is -0.0698. The van der Waals surface area contributed by atoms with Crippen molar-refractivity contribution >= 4 is 16.8 Å². The normalized spacial score (nSPS) is 20.9. The van der Waals surface area contributed by atoms with Crippen LogP contribution >= 0.6 is 0 Å². The molecule has 3 heterocycles. The number of benzene rings is 1. The van der Waals surface area contributed by atoms with E-state index in [1.807, 2.05) is 43.7 Å². The van der Waals surface area contributed by atoms with Gasteiger partial charge in [-0.2, -0.15) is 5.10 Å². The summed E-state index contributed by atoms with van der Waals surface area (Å²) in [6.45, 7) is 0.638. The van der Waals surface area contributed by atoms with Gasteiger partial charge in [-0.3, -0.25) is 9.48 Å². The number of nitrogens with one attached hydrogen (secondary N) is 2. The van der Waals surface area contributed by atoms with Gasteiger partial charge in [-0.15, -0.1) is 0 Å². The van der Waals surface area contributed by atoms with Crippen molar-refractivity contribution in [1.29, 1.82) is 0 Å². The van der Waals surface area contributed by atoms with Gasteiger partial charge < -0.3 is 15.0 Å². The lowest BCUT2D eigenvalue weighted by molar-refractivity contribution is 0.0822. The zero-order chi connectivity index (χ0) is 15.8. The Labute approximate surface area is 133 Å². The number of ether oxygens (including phenoxy) is 1. The molecule has 6 heteroatoms.